The average Bonchev–Trinajstić information content (AvgIpc) is 2.29. The van der Waals surface area contributed by atoms with Crippen LogP contribution in [0.4, 0.5) is 10.1 Å². The Morgan fingerprint density at radius 1 is 1.42 bits per heavy atom. The smallest absolute Gasteiger partial charge is 0.242 e. The van der Waals surface area contributed by atoms with Crippen LogP contribution in [0.3, 0.4) is 0 Å². The number of halogens is 1. The number of nitriles is 1. The summed E-state index contributed by atoms with van der Waals surface area (Å²) in [4.78, 5) is 11.9. The Balaban J connectivity index is 2.75. The Labute approximate surface area is 112 Å². The van der Waals surface area contributed by atoms with Crippen LogP contribution in [0.2, 0.25) is 0 Å². The normalized spacial score (nSPS) is 12.4. The molecule has 102 valence electrons. The van der Waals surface area contributed by atoms with E-state index in [1.165, 1.54) is 18.2 Å². The second kappa shape index (κ2) is 5.70. The third kappa shape index (κ3) is 4.59. The van der Waals surface area contributed by atoms with Crippen molar-refractivity contribution in [3.05, 3.63) is 29.6 Å². The van der Waals surface area contributed by atoms with Crippen molar-refractivity contribution in [3.8, 4) is 6.07 Å². The zero-order valence-corrected chi connectivity index (χ0v) is 11.5. The van der Waals surface area contributed by atoms with E-state index in [9.17, 15) is 9.18 Å². The summed E-state index contributed by atoms with van der Waals surface area (Å²) in [5.41, 5.74) is 0.177. The number of carbonyl (C=O) groups excluding carboxylic acids is 1. The van der Waals surface area contributed by atoms with Crippen molar-refractivity contribution in [1.82, 2.24) is 5.32 Å². The van der Waals surface area contributed by atoms with Crippen LogP contribution in [0.1, 0.15) is 33.3 Å². The molecule has 1 unspecified atom stereocenters. The third-order valence-electron chi connectivity index (χ3n) is 2.36. The maximum Gasteiger partial charge on any atom is 0.242 e. The van der Waals surface area contributed by atoms with E-state index in [1.807, 2.05) is 20.8 Å². The summed E-state index contributed by atoms with van der Waals surface area (Å²) >= 11 is 0. The maximum atomic E-state index is 13.2. The highest BCUT2D eigenvalue weighted by molar-refractivity contribution is 5.84. The number of hydrogen-bond acceptors (Lipinski definition) is 3. The van der Waals surface area contributed by atoms with Crippen molar-refractivity contribution < 1.29 is 9.18 Å². The van der Waals surface area contributed by atoms with E-state index >= 15 is 0 Å². The molecule has 2 N–H and O–H groups in total. The van der Waals surface area contributed by atoms with Gasteiger partial charge in [0.15, 0.2) is 0 Å². The van der Waals surface area contributed by atoms with Crippen molar-refractivity contribution in [1.29, 1.82) is 5.26 Å². The second-order valence-electron chi connectivity index (χ2n) is 5.41. The number of nitrogens with one attached hydrogen (secondary N) is 2. The topological polar surface area (TPSA) is 64.9 Å². The third-order valence-corrected chi connectivity index (χ3v) is 2.36. The summed E-state index contributed by atoms with van der Waals surface area (Å²) in [5, 5.41) is 14.5. The van der Waals surface area contributed by atoms with Gasteiger partial charge < -0.3 is 10.6 Å². The molecule has 0 saturated heterocycles. The predicted molar refractivity (Wildman–Crippen MR) is 72.1 cm³/mol. The molecule has 0 aliphatic rings. The van der Waals surface area contributed by atoms with Gasteiger partial charge in [-0.05, 0) is 45.9 Å². The molecule has 1 atom stereocenters. The molecule has 0 aliphatic carbocycles. The van der Waals surface area contributed by atoms with Crippen LogP contribution >= 0.6 is 0 Å². The van der Waals surface area contributed by atoms with E-state index in [1.54, 1.807) is 13.0 Å². The van der Waals surface area contributed by atoms with Gasteiger partial charge in [0.2, 0.25) is 5.91 Å². The Kier molecular flexibility index (Phi) is 4.49. The highest BCUT2D eigenvalue weighted by Gasteiger charge is 2.19. The minimum atomic E-state index is -0.570. The lowest BCUT2D eigenvalue weighted by Gasteiger charge is -2.24. The number of amides is 1. The quantitative estimate of drug-likeness (QED) is 0.880. The molecule has 1 amide bonds. The minimum absolute atomic E-state index is 0.0478. The molecule has 0 radical (unpaired) electrons. The van der Waals surface area contributed by atoms with Crippen LogP contribution in [0.25, 0.3) is 0 Å². The maximum absolute atomic E-state index is 13.2. The van der Waals surface area contributed by atoms with Crippen LogP contribution < -0.4 is 10.6 Å². The van der Waals surface area contributed by atoms with Crippen LogP contribution in [0, 0.1) is 17.1 Å². The van der Waals surface area contributed by atoms with Gasteiger partial charge in [-0.25, -0.2) is 4.39 Å². The lowest BCUT2D eigenvalue weighted by molar-refractivity contribution is -0.122. The monoisotopic (exact) mass is 263 g/mol. The number of hydrogen-bond donors (Lipinski definition) is 2. The van der Waals surface area contributed by atoms with Crippen LogP contribution in [-0.2, 0) is 4.79 Å². The second-order valence-corrected chi connectivity index (χ2v) is 5.41. The summed E-state index contributed by atoms with van der Waals surface area (Å²) in [6.45, 7) is 7.38. The molecule has 5 heteroatoms. The van der Waals surface area contributed by atoms with Gasteiger partial charge in [-0.2, -0.15) is 5.26 Å². The van der Waals surface area contributed by atoms with Crippen molar-refractivity contribution >= 4 is 11.6 Å². The molecule has 0 bridgehead atoms. The highest BCUT2D eigenvalue weighted by atomic mass is 19.1. The van der Waals surface area contributed by atoms with E-state index in [2.05, 4.69) is 10.6 Å². The molecule has 0 aliphatic heterocycles. The van der Waals surface area contributed by atoms with Gasteiger partial charge in [-0.1, -0.05) is 0 Å². The molecular formula is C14H18FN3O. The number of benzene rings is 1. The molecule has 1 aromatic rings. The van der Waals surface area contributed by atoms with Crippen LogP contribution in [-0.4, -0.2) is 17.5 Å². The van der Waals surface area contributed by atoms with E-state index in [-0.39, 0.29) is 17.0 Å². The Bertz CT molecular complexity index is 514. The minimum Gasteiger partial charge on any atom is -0.374 e. The van der Waals surface area contributed by atoms with Gasteiger partial charge in [0.25, 0.3) is 0 Å². The van der Waals surface area contributed by atoms with Crippen molar-refractivity contribution in [2.75, 3.05) is 5.32 Å². The Morgan fingerprint density at radius 3 is 2.58 bits per heavy atom. The average molecular weight is 263 g/mol. The van der Waals surface area contributed by atoms with E-state index in [0.717, 1.165) is 0 Å². The van der Waals surface area contributed by atoms with E-state index in [0.29, 0.717) is 5.69 Å². The Hall–Kier alpha value is -2.09. The van der Waals surface area contributed by atoms with Gasteiger partial charge in [0.1, 0.15) is 17.9 Å². The van der Waals surface area contributed by atoms with E-state index in [4.69, 9.17) is 5.26 Å². The number of rotatable bonds is 3. The lowest BCUT2D eigenvalue weighted by atomic mass is 10.1. The molecule has 19 heavy (non-hydrogen) atoms. The SMILES string of the molecule is CC(Nc1ccc(F)c(C#N)c1)C(=O)NC(C)(C)C. The first-order chi connectivity index (χ1) is 8.73. The summed E-state index contributed by atoms with van der Waals surface area (Å²) in [6, 6.07) is 5.37. The standard InChI is InChI=1S/C14H18FN3O/c1-9(13(19)18-14(2,3)4)17-11-5-6-12(15)10(7-11)8-16/h5-7,9,17H,1-4H3,(H,18,19). The van der Waals surface area contributed by atoms with Gasteiger partial charge in [0.05, 0.1) is 5.56 Å². The van der Waals surface area contributed by atoms with Crippen LogP contribution in [0.5, 0.6) is 0 Å². The van der Waals surface area contributed by atoms with Gasteiger partial charge in [-0.3, -0.25) is 4.79 Å². The van der Waals surface area contributed by atoms with E-state index < -0.39 is 11.9 Å². The molecule has 0 heterocycles. The first-order valence-corrected chi connectivity index (χ1v) is 6.01. The van der Waals surface area contributed by atoms with Gasteiger partial charge >= 0.3 is 0 Å². The summed E-state index contributed by atoms with van der Waals surface area (Å²) < 4.78 is 13.2. The van der Waals surface area contributed by atoms with Crippen molar-refractivity contribution in [2.24, 2.45) is 0 Å². The summed E-state index contributed by atoms with van der Waals surface area (Å²) in [6.07, 6.45) is 0. The lowest BCUT2D eigenvalue weighted by Crippen LogP contribution is -2.47. The first kappa shape index (κ1) is 15.0. The predicted octanol–water partition coefficient (Wildman–Crippen LogP) is 2.41. The molecule has 1 rings (SSSR count). The summed E-state index contributed by atoms with van der Waals surface area (Å²) in [7, 11) is 0. The molecule has 4 nitrogen and oxygen atoms in total. The zero-order valence-electron chi connectivity index (χ0n) is 11.5. The fourth-order valence-electron chi connectivity index (χ4n) is 1.49. The summed E-state index contributed by atoms with van der Waals surface area (Å²) in [5.74, 6) is -0.727. The molecule has 1 aromatic carbocycles. The highest BCUT2D eigenvalue weighted by Crippen LogP contribution is 2.15. The van der Waals surface area contributed by atoms with Crippen LogP contribution in [0.15, 0.2) is 18.2 Å². The van der Waals surface area contributed by atoms with Crippen molar-refractivity contribution in [2.45, 2.75) is 39.3 Å². The number of anilines is 1. The fourth-order valence-corrected chi connectivity index (χ4v) is 1.49. The zero-order chi connectivity index (χ0) is 14.6. The molecular weight excluding hydrogens is 245 g/mol. The Morgan fingerprint density at radius 2 is 2.05 bits per heavy atom. The van der Waals surface area contributed by atoms with Crippen molar-refractivity contribution in [3.63, 3.8) is 0 Å². The molecule has 0 aromatic heterocycles. The molecule has 0 spiro atoms. The van der Waals surface area contributed by atoms with Gasteiger partial charge in [0, 0.05) is 11.2 Å². The number of nitrogens with zero attached hydrogens (tertiary/aromatic N) is 1. The molecule has 0 saturated carbocycles. The fraction of sp³-hybridized carbons (Fsp3) is 0.429. The van der Waals surface area contributed by atoms with Gasteiger partial charge in [-0.15, -0.1) is 0 Å². The number of carbonyl (C=O) groups is 1. The first-order valence-electron chi connectivity index (χ1n) is 6.01. The largest absolute Gasteiger partial charge is 0.374 e. The molecule has 0 fully saturated rings.